The van der Waals surface area contributed by atoms with Crippen molar-refractivity contribution < 1.29 is 4.79 Å². The predicted molar refractivity (Wildman–Crippen MR) is 85.4 cm³/mol. The molecule has 1 amide bonds. The van der Waals surface area contributed by atoms with Gasteiger partial charge in [-0.3, -0.25) is 9.78 Å². The second-order valence-electron chi connectivity index (χ2n) is 5.82. The first-order valence-corrected chi connectivity index (χ1v) is 7.84. The third kappa shape index (κ3) is 4.00. The Bertz CT molecular complexity index is 645. The SMILES string of the molecule is Nc1cnc(C[C@@H]2CCCN(C(=O)c3ccncn3)CC2)cn1. The molecule has 2 aromatic rings. The van der Waals surface area contributed by atoms with Gasteiger partial charge in [-0.15, -0.1) is 0 Å². The van der Waals surface area contributed by atoms with Crippen molar-refractivity contribution >= 4 is 11.7 Å². The van der Waals surface area contributed by atoms with E-state index in [-0.39, 0.29) is 5.91 Å². The summed E-state index contributed by atoms with van der Waals surface area (Å²) in [6.07, 6.45) is 10.3. The lowest BCUT2D eigenvalue weighted by Crippen LogP contribution is -2.32. The summed E-state index contributed by atoms with van der Waals surface area (Å²) in [4.78, 5) is 30.6. The van der Waals surface area contributed by atoms with Gasteiger partial charge in [0.25, 0.3) is 5.91 Å². The highest BCUT2D eigenvalue weighted by Gasteiger charge is 2.22. The molecular weight excluding hydrogens is 292 g/mol. The molecule has 0 saturated carbocycles. The minimum atomic E-state index is -0.0136. The van der Waals surface area contributed by atoms with Gasteiger partial charge in [0.1, 0.15) is 17.8 Å². The first kappa shape index (κ1) is 15.3. The van der Waals surface area contributed by atoms with Gasteiger partial charge in [0, 0.05) is 19.3 Å². The molecule has 1 aliphatic rings. The Kier molecular flexibility index (Phi) is 4.75. The fourth-order valence-corrected chi connectivity index (χ4v) is 2.92. The summed E-state index contributed by atoms with van der Waals surface area (Å²) < 4.78 is 0. The molecule has 0 spiro atoms. The van der Waals surface area contributed by atoms with E-state index in [0.717, 1.165) is 44.5 Å². The summed E-state index contributed by atoms with van der Waals surface area (Å²) in [6.45, 7) is 1.52. The lowest BCUT2D eigenvalue weighted by molar-refractivity contribution is 0.0754. The number of anilines is 1. The standard InChI is InChI=1S/C16H20N6O/c17-15-10-19-13(9-20-15)8-12-2-1-6-22(7-4-12)16(23)14-3-5-18-11-21-14/h3,5,9-12H,1-2,4,6-8H2,(H2,17,20)/t12-/m1/s1. The molecule has 7 nitrogen and oxygen atoms in total. The van der Waals surface area contributed by atoms with E-state index in [0.29, 0.717) is 17.4 Å². The molecule has 0 aromatic carbocycles. The van der Waals surface area contributed by atoms with Crippen LogP contribution in [0.15, 0.2) is 31.0 Å². The molecule has 23 heavy (non-hydrogen) atoms. The molecule has 0 radical (unpaired) electrons. The van der Waals surface area contributed by atoms with Gasteiger partial charge in [-0.1, -0.05) is 0 Å². The number of nitrogen functional groups attached to an aromatic ring is 1. The molecule has 120 valence electrons. The van der Waals surface area contributed by atoms with Crippen molar-refractivity contribution in [2.45, 2.75) is 25.7 Å². The van der Waals surface area contributed by atoms with Crippen molar-refractivity contribution in [1.82, 2.24) is 24.8 Å². The van der Waals surface area contributed by atoms with Crippen molar-refractivity contribution in [3.63, 3.8) is 0 Å². The molecule has 7 heteroatoms. The Hall–Kier alpha value is -2.57. The van der Waals surface area contributed by atoms with Crippen LogP contribution in [0.3, 0.4) is 0 Å². The van der Waals surface area contributed by atoms with E-state index in [1.165, 1.54) is 6.33 Å². The van der Waals surface area contributed by atoms with Crippen molar-refractivity contribution in [3.8, 4) is 0 Å². The topological polar surface area (TPSA) is 97.9 Å². The van der Waals surface area contributed by atoms with Gasteiger partial charge in [0.05, 0.1) is 18.1 Å². The van der Waals surface area contributed by atoms with E-state index in [9.17, 15) is 4.79 Å². The summed E-state index contributed by atoms with van der Waals surface area (Å²) in [6, 6.07) is 1.66. The average Bonchev–Trinajstić information content (AvgIpc) is 2.83. The summed E-state index contributed by atoms with van der Waals surface area (Å²) in [5.74, 6) is 0.938. The number of carbonyl (C=O) groups is 1. The van der Waals surface area contributed by atoms with Crippen LogP contribution in [0.1, 0.15) is 35.4 Å². The lowest BCUT2D eigenvalue weighted by atomic mass is 9.95. The number of hydrogen-bond acceptors (Lipinski definition) is 6. The van der Waals surface area contributed by atoms with Crippen LogP contribution >= 0.6 is 0 Å². The highest BCUT2D eigenvalue weighted by molar-refractivity contribution is 5.92. The van der Waals surface area contributed by atoms with Crippen LogP contribution in [-0.4, -0.2) is 43.8 Å². The van der Waals surface area contributed by atoms with E-state index in [1.807, 2.05) is 4.90 Å². The van der Waals surface area contributed by atoms with Crippen LogP contribution in [0.5, 0.6) is 0 Å². The Morgan fingerprint density at radius 2 is 2.13 bits per heavy atom. The van der Waals surface area contributed by atoms with Crippen LogP contribution in [0.2, 0.25) is 0 Å². The maximum absolute atomic E-state index is 12.5. The highest BCUT2D eigenvalue weighted by Crippen LogP contribution is 2.22. The molecule has 1 fully saturated rings. The normalized spacial score (nSPS) is 18.4. The largest absolute Gasteiger partial charge is 0.382 e. The zero-order valence-electron chi connectivity index (χ0n) is 12.9. The van der Waals surface area contributed by atoms with Gasteiger partial charge in [0.2, 0.25) is 0 Å². The third-order valence-electron chi connectivity index (χ3n) is 4.16. The third-order valence-corrected chi connectivity index (χ3v) is 4.16. The molecule has 3 heterocycles. The number of likely N-dealkylation sites (tertiary alicyclic amines) is 1. The van der Waals surface area contributed by atoms with E-state index in [4.69, 9.17) is 5.73 Å². The van der Waals surface area contributed by atoms with Crippen LogP contribution in [0.4, 0.5) is 5.82 Å². The van der Waals surface area contributed by atoms with Crippen LogP contribution < -0.4 is 5.73 Å². The molecule has 0 aliphatic carbocycles. The maximum Gasteiger partial charge on any atom is 0.272 e. The number of rotatable bonds is 3. The van der Waals surface area contributed by atoms with Crippen LogP contribution in [0.25, 0.3) is 0 Å². The molecule has 1 saturated heterocycles. The molecule has 1 aliphatic heterocycles. The highest BCUT2D eigenvalue weighted by atomic mass is 16.2. The van der Waals surface area contributed by atoms with Crippen molar-refractivity contribution in [1.29, 1.82) is 0 Å². The molecule has 0 bridgehead atoms. The van der Waals surface area contributed by atoms with Crippen molar-refractivity contribution in [3.05, 3.63) is 42.4 Å². The number of nitrogens with zero attached hydrogens (tertiary/aromatic N) is 5. The number of amides is 1. The zero-order valence-corrected chi connectivity index (χ0v) is 12.9. The van der Waals surface area contributed by atoms with E-state index in [2.05, 4.69) is 19.9 Å². The molecule has 1 atom stereocenters. The fraction of sp³-hybridized carbons (Fsp3) is 0.438. The van der Waals surface area contributed by atoms with Gasteiger partial charge in [-0.25, -0.2) is 15.0 Å². The monoisotopic (exact) mass is 312 g/mol. The lowest BCUT2D eigenvalue weighted by Gasteiger charge is -2.20. The Balaban J connectivity index is 1.59. The zero-order chi connectivity index (χ0) is 16.1. The average molecular weight is 312 g/mol. The number of aromatic nitrogens is 4. The van der Waals surface area contributed by atoms with Crippen molar-refractivity contribution in [2.24, 2.45) is 5.92 Å². The van der Waals surface area contributed by atoms with E-state index < -0.39 is 0 Å². The number of carbonyl (C=O) groups excluding carboxylic acids is 1. The van der Waals surface area contributed by atoms with Gasteiger partial charge < -0.3 is 10.6 Å². The minimum absolute atomic E-state index is 0.0136. The predicted octanol–water partition coefficient (Wildman–Crippen LogP) is 1.33. The van der Waals surface area contributed by atoms with E-state index >= 15 is 0 Å². The Morgan fingerprint density at radius 1 is 1.22 bits per heavy atom. The fourth-order valence-electron chi connectivity index (χ4n) is 2.92. The first-order valence-electron chi connectivity index (χ1n) is 7.84. The molecule has 3 rings (SSSR count). The summed E-state index contributed by atoms with van der Waals surface area (Å²) >= 11 is 0. The summed E-state index contributed by atoms with van der Waals surface area (Å²) in [5, 5.41) is 0. The molecule has 0 unspecified atom stereocenters. The molecular formula is C16H20N6O. The second kappa shape index (κ2) is 7.13. The smallest absolute Gasteiger partial charge is 0.272 e. The van der Waals surface area contributed by atoms with Gasteiger partial charge in [-0.05, 0) is 37.7 Å². The minimum Gasteiger partial charge on any atom is -0.382 e. The van der Waals surface area contributed by atoms with Gasteiger partial charge in [-0.2, -0.15) is 0 Å². The molecule has 2 N–H and O–H groups in total. The first-order chi connectivity index (χ1) is 11.2. The van der Waals surface area contributed by atoms with Crippen LogP contribution in [-0.2, 0) is 6.42 Å². The van der Waals surface area contributed by atoms with Gasteiger partial charge in [0.15, 0.2) is 0 Å². The summed E-state index contributed by atoms with van der Waals surface area (Å²) in [7, 11) is 0. The summed E-state index contributed by atoms with van der Waals surface area (Å²) in [5.41, 5.74) is 6.98. The quantitative estimate of drug-likeness (QED) is 0.918. The number of nitrogens with two attached hydrogens (primary N) is 1. The van der Waals surface area contributed by atoms with Gasteiger partial charge >= 0.3 is 0 Å². The Morgan fingerprint density at radius 3 is 2.87 bits per heavy atom. The second-order valence-corrected chi connectivity index (χ2v) is 5.82. The van der Waals surface area contributed by atoms with Crippen molar-refractivity contribution in [2.75, 3.05) is 18.8 Å². The maximum atomic E-state index is 12.5. The van der Waals surface area contributed by atoms with Crippen LogP contribution in [0, 0.1) is 5.92 Å². The Labute approximate surface area is 135 Å². The molecule has 2 aromatic heterocycles. The van der Waals surface area contributed by atoms with E-state index in [1.54, 1.807) is 24.7 Å². The number of hydrogen-bond donors (Lipinski definition) is 1.